The molecule has 0 aromatic heterocycles. The van der Waals surface area contributed by atoms with Gasteiger partial charge in [0.05, 0.1) is 0 Å². The molecule has 7 heteroatoms. The van der Waals surface area contributed by atoms with E-state index in [4.69, 9.17) is 0 Å². The van der Waals surface area contributed by atoms with Crippen LogP contribution in [0.15, 0.2) is 30.3 Å². The molecule has 1 fully saturated rings. The number of rotatable bonds is 5. The van der Waals surface area contributed by atoms with Crippen molar-refractivity contribution in [3.8, 4) is 0 Å². The summed E-state index contributed by atoms with van der Waals surface area (Å²) in [7, 11) is 0. The van der Waals surface area contributed by atoms with Crippen LogP contribution in [0.1, 0.15) is 11.6 Å². The Hall–Kier alpha value is -2.02. The highest BCUT2D eigenvalue weighted by Crippen LogP contribution is 2.17. The van der Waals surface area contributed by atoms with Crippen molar-refractivity contribution in [2.75, 3.05) is 18.8 Å². The first-order valence-corrected chi connectivity index (χ1v) is 7.05. The SMILES string of the molecule is O=C(CN1CCSC1=O)N[C@@H](C(=O)O)c1ccccc1. The van der Waals surface area contributed by atoms with Crippen molar-refractivity contribution in [2.24, 2.45) is 0 Å². The van der Waals surface area contributed by atoms with Crippen LogP contribution in [0.2, 0.25) is 0 Å². The molecule has 1 aliphatic rings. The van der Waals surface area contributed by atoms with E-state index in [0.717, 1.165) is 11.8 Å². The minimum atomic E-state index is -1.13. The highest BCUT2D eigenvalue weighted by Gasteiger charge is 2.26. The van der Waals surface area contributed by atoms with E-state index < -0.39 is 17.9 Å². The normalized spacial score (nSPS) is 16.0. The van der Waals surface area contributed by atoms with Gasteiger partial charge in [0.1, 0.15) is 6.54 Å². The topological polar surface area (TPSA) is 86.7 Å². The Labute approximate surface area is 120 Å². The molecule has 0 unspecified atom stereocenters. The molecule has 2 N–H and O–H groups in total. The molecule has 2 amide bonds. The molecule has 0 aliphatic carbocycles. The van der Waals surface area contributed by atoms with Crippen molar-refractivity contribution in [2.45, 2.75) is 6.04 Å². The average Bonchev–Trinajstić information content (AvgIpc) is 2.82. The lowest BCUT2D eigenvalue weighted by molar-refractivity contribution is -0.142. The Bertz CT molecular complexity index is 520. The summed E-state index contributed by atoms with van der Waals surface area (Å²) in [5.41, 5.74) is 0.496. The molecule has 0 saturated carbocycles. The first-order chi connectivity index (χ1) is 9.58. The molecule has 1 aromatic carbocycles. The van der Waals surface area contributed by atoms with Crippen LogP contribution in [-0.4, -0.2) is 46.0 Å². The van der Waals surface area contributed by atoms with Crippen LogP contribution in [0.3, 0.4) is 0 Å². The molecule has 0 spiro atoms. The Morgan fingerprint density at radius 3 is 2.60 bits per heavy atom. The smallest absolute Gasteiger partial charge is 0.330 e. The van der Waals surface area contributed by atoms with Gasteiger partial charge in [-0.1, -0.05) is 42.1 Å². The van der Waals surface area contributed by atoms with Gasteiger partial charge in [-0.15, -0.1) is 0 Å². The highest BCUT2D eigenvalue weighted by atomic mass is 32.2. The molecule has 1 saturated heterocycles. The van der Waals surface area contributed by atoms with Gasteiger partial charge >= 0.3 is 5.97 Å². The number of nitrogens with zero attached hydrogens (tertiary/aromatic N) is 1. The van der Waals surface area contributed by atoms with Gasteiger partial charge in [0.25, 0.3) is 5.24 Å². The van der Waals surface area contributed by atoms with Crippen LogP contribution >= 0.6 is 11.8 Å². The van der Waals surface area contributed by atoms with Crippen LogP contribution in [0.5, 0.6) is 0 Å². The number of carbonyl (C=O) groups excluding carboxylic acids is 2. The van der Waals surface area contributed by atoms with Crippen molar-refractivity contribution in [1.82, 2.24) is 10.2 Å². The number of carboxylic acids is 1. The van der Waals surface area contributed by atoms with Crippen LogP contribution in [0, 0.1) is 0 Å². The number of hydrogen-bond donors (Lipinski definition) is 2. The van der Waals surface area contributed by atoms with E-state index in [-0.39, 0.29) is 11.8 Å². The number of nitrogens with one attached hydrogen (secondary N) is 1. The van der Waals surface area contributed by atoms with Gasteiger partial charge < -0.3 is 15.3 Å². The number of carboxylic acid groups (broad SMARTS) is 1. The second-order valence-electron chi connectivity index (χ2n) is 4.29. The van der Waals surface area contributed by atoms with Crippen LogP contribution in [-0.2, 0) is 9.59 Å². The van der Waals surface area contributed by atoms with Gasteiger partial charge in [-0.2, -0.15) is 0 Å². The number of benzene rings is 1. The fourth-order valence-electron chi connectivity index (χ4n) is 1.88. The summed E-state index contributed by atoms with van der Waals surface area (Å²) >= 11 is 1.16. The monoisotopic (exact) mass is 294 g/mol. The lowest BCUT2D eigenvalue weighted by Crippen LogP contribution is -2.41. The standard InChI is InChI=1S/C13H14N2O4S/c16-10(8-15-6-7-20-13(15)19)14-11(12(17)18)9-4-2-1-3-5-9/h1-5,11H,6-8H2,(H,14,16)(H,17,18)/t11-/m1/s1. The predicted molar refractivity (Wildman–Crippen MR) is 74.4 cm³/mol. The number of amides is 2. The molecule has 6 nitrogen and oxygen atoms in total. The van der Waals surface area contributed by atoms with Crippen molar-refractivity contribution in [1.29, 1.82) is 0 Å². The largest absolute Gasteiger partial charge is 0.479 e. The second-order valence-corrected chi connectivity index (χ2v) is 5.33. The summed E-state index contributed by atoms with van der Waals surface area (Å²) in [6.07, 6.45) is 0. The maximum Gasteiger partial charge on any atom is 0.330 e. The zero-order chi connectivity index (χ0) is 14.5. The Balaban J connectivity index is 2.00. The van der Waals surface area contributed by atoms with Crippen LogP contribution in [0.4, 0.5) is 4.79 Å². The van der Waals surface area contributed by atoms with Gasteiger partial charge in [0.15, 0.2) is 6.04 Å². The number of aliphatic carboxylic acids is 1. The molecule has 1 aromatic rings. The van der Waals surface area contributed by atoms with E-state index in [1.54, 1.807) is 30.3 Å². The summed E-state index contributed by atoms with van der Waals surface area (Å²) in [5, 5.41) is 11.5. The molecule has 20 heavy (non-hydrogen) atoms. The minimum Gasteiger partial charge on any atom is -0.479 e. The third kappa shape index (κ3) is 3.51. The van der Waals surface area contributed by atoms with Crippen molar-refractivity contribution in [3.05, 3.63) is 35.9 Å². The number of carbonyl (C=O) groups is 3. The molecule has 2 rings (SSSR count). The van der Waals surface area contributed by atoms with Crippen LogP contribution < -0.4 is 5.32 Å². The van der Waals surface area contributed by atoms with E-state index >= 15 is 0 Å². The number of thioether (sulfide) groups is 1. The fourth-order valence-corrected chi connectivity index (χ4v) is 2.71. The summed E-state index contributed by atoms with van der Waals surface area (Å²) in [4.78, 5) is 35.9. The quantitative estimate of drug-likeness (QED) is 0.849. The van der Waals surface area contributed by atoms with E-state index in [0.29, 0.717) is 17.9 Å². The van der Waals surface area contributed by atoms with Gasteiger partial charge in [-0.25, -0.2) is 4.79 Å². The van der Waals surface area contributed by atoms with E-state index in [1.807, 2.05) is 0 Å². The van der Waals surface area contributed by atoms with Crippen molar-refractivity contribution < 1.29 is 19.5 Å². The van der Waals surface area contributed by atoms with Gasteiger partial charge in [0, 0.05) is 12.3 Å². The van der Waals surface area contributed by atoms with Gasteiger partial charge in [-0.05, 0) is 5.56 Å². The van der Waals surface area contributed by atoms with Crippen molar-refractivity contribution >= 4 is 28.9 Å². The summed E-state index contributed by atoms with van der Waals surface area (Å²) in [6.45, 7) is 0.405. The average molecular weight is 294 g/mol. The third-order valence-electron chi connectivity index (χ3n) is 2.86. The molecule has 0 bridgehead atoms. The van der Waals surface area contributed by atoms with E-state index in [9.17, 15) is 19.5 Å². The summed E-state index contributed by atoms with van der Waals surface area (Å²) in [6, 6.07) is 7.35. The zero-order valence-electron chi connectivity index (χ0n) is 10.6. The van der Waals surface area contributed by atoms with E-state index in [2.05, 4.69) is 5.32 Å². The Morgan fingerprint density at radius 1 is 1.35 bits per heavy atom. The van der Waals surface area contributed by atoms with Gasteiger partial charge in [0.2, 0.25) is 5.91 Å². The third-order valence-corrected chi connectivity index (χ3v) is 3.76. The first kappa shape index (κ1) is 14.4. The second kappa shape index (κ2) is 6.42. The Kier molecular flexibility index (Phi) is 4.62. The van der Waals surface area contributed by atoms with Crippen molar-refractivity contribution in [3.63, 3.8) is 0 Å². The molecule has 1 atom stereocenters. The first-order valence-electron chi connectivity index (χ1n) is 6.07. The fraction of sp³-hybridized carbons (Fsp3) is 0.308. The molecule has 1 heterocycles. The number of hydrogen-bond acceptors (Lipinski definition) is 4. The maximum atomic E-state index is 11.9. The Morgan fingerprint density at radius 2 is 2.05 bits per heavy atom. The molecule has 1 aliphatic heterocycles. The lowest BCUT2D eigenvalue weighted by Gasteiger charge is -2.18. The maximum absolute atomic E-state index is 11.9. The summed E-state index contributed by atoms with van der Waals surface area (Å²) < 4.78 is 0. The molecule has 106 valence electrons. The van der Waals surface area contributed by atoms with E-state index in [1.165, 1.54) is 4.90 Å². The lowest BCUT2D eigenvalue weighted by atomic mass is 10.1. The molecule has 0 radical (unpaired) electrons. The predicted octanol–water partition coefficient (Wildman–Crippen LogP) is 1.10. The zero-order valence-corrected chi connectivity index (χ0v) is 11.4. The summed E-state index contributed by atoms with van der Waals surface area (Å²) in [5.74, 6) is -0.948. The highest BCUT2D eigenvalue weighted by molar-refractivity contribution is 8.13. The van der Waals surface area contributed by atoms with Gasteiger partial charge in [-0.3, -0.25) is 9.59 Å². The van der Waals surface area contributed by atoms with Crippen LogP contribution in [0.25, 0.3) is 0 Å². The molecular weight excluding hydrogens is 280 g/mol. The molecular formula is C13H14N2O4S. The minimum absolute atomic E-state index is 0.109.